The lowest BCUT2D eigenvalue weighted by Crippen LogP contribution is -2.27. The summed E-state index contributed by atoms with van der Waals surface area (Å²) in [6.07, 6.45) is 1.21. The van der Waals surface area contributed by atoms with Crippen LogP contribution >= 0.6 is 11.6 Å². The number of benzene rings is 2. The van der Waals surface area contributed by atoms with Gasteiger partial charge in [-0.1, -0.05) is 35.9 Å². The third-order valence-corrected chi connectivity index (χ3v) is 4.18. The summed E-state index contributed by atoms with van der Waals surface area (Å²) in [4.78, 5) is 0. The monoisotopic (exact) mass is 316 g/mol. The molecule has 0 aliphatic carbocycles. The Hall–Kier alpha value is -1.71. The Morgan fingerprint density at radius 2 is 2.14 bits per heavy atom. The molecule has 0 spiro atoms. The van der Waals surface area contributed by atoms with Crippen molar-refractivity contribution in [2.45, 2.75) is 26.0 Å². The number of ether oxygens (including phenoxy) is 1. The van der Waals surface area contributed by atoms with Crippen molar-refractivity contribution in [3.63, 3.8) is 0 Å². The number of anilines is 1. The van der Waals surface area contributed by atoms with Crippen LogP contribution in [0.1, 0.15) is 18.1 Å². The molecule has 0 saturated heterocycles. The number of fused-ring (bicyclic) bond motifs is 1. The van der Waals surface area contributed by atoms with Gasteiger partial charge in [-0.2, -0.15) is 0 Å². The molecule has 3 nitrogen and oxygen atoms in total. The minimum Gasteiger partial charge on any atom is -0.487 e. The smallest absolute Gasteiger partial charge is 0.142 e. The highest BCUT2D eigenvalue weighted by molar-refractivity contribution is 6.31. The van der Waals surface area contributed by atoms with Crippen LogP contribution in [0.5, 0.6) is 5.75 Å². The predicted molar refractivity (Wildman–Crippen MR) is 91.9 cm³/mol. The topological polar surface area (TPSA) is 33.3 Å². The fourth-order valence-corrected chi connectivity index (χ4v) is 2.79. The average Bonchev–Trinajstić information content (AvgIpc) is 2.53. The quantitative estimate of drug-likeness (QED) is 0.822. The van der Waals surface area contributed by atoms with Gasteiger partial charge in [-0.05, 0) is 49.2 Å². The maximum atomic E-state index is 6.15. The van der Waals surface area contributed by atoms with Gasteiger partial charge in [-0.25, -0.2) is 0 Å². The molecule has 1 atom stereocenters. The maximum absolute atomic E-state index is 6.15. The Morgan fingerprint density at radius 1 is 1.27 bits per heavy atom. The van der Waals surface area contributed by atoms with Gasteiger partial charge in [0.2, 0.25) is 0 Å². The van der Waals surface area contributed by atoms with Crippen molar-refractivity contribution in [3.8, 4) is 5.75 Å². The summed E-state index contributed by atoms with van der Waals surface area (Å²) in [6.45, 7) is 4.65. The molecule has 22 heavy (non-hydrogen) atoms. The van der Waals surface area contributed by atoms with Crippen LogP contribution in [-0.2, 0) is 13.0 Å². The molecular weight excluding hydrogens is 296 g/mol. The van der Waals surface area contributed by atoms with Crippen molar-refractivity contribution < 1.29 is 4.74 Å². The number of rotatable bonds is 5. The molecule has 2 aromatic carbocycles. The molecule has 0 aromatic heterocycles. The first-order valence-electron chi connectivity index (χ1n) is 7.70. The zero-order chi connectivity index (χ0) is 15.4. The minimum atomic E-state index is 0.232. The van der Waals surface area contributed by atoms with E-state index in [1.807, 2.05) is 18.2 Å². The third kappa shape index (κ3) is 3.73. The van der Waals surface area contributed by atoms with Gasteiger partial charge >= 0.3 is 0 Å². The minimum absolute atomic E-state index is 0.232. The standard InChI is InChI=1S/C18H21ClN2O/c1-13-11-21-17-10-14(6-7-18(17)22-13)8-9-20-12-15-4-2-3-5-16(15)19/h2-7,10,13,20-21H,8-9,11-12H2,1H3. The highest BCUT2D eigenvalue weighted by Crippen LogP contribution is 2.29. The second-order valence-electron chi connectivity index (χ2n) is 5.66. The molecule has 2 N–H and O–H groups in total. The number of halogens is 1. The summed E-state index contributed by atoms with van der Waals surface area (Å²) in [7, 11) is 0. The van der Waals surface area contributed by atoms with Gasteiger partial charge < -0.3 is 15.4 Å². The van der Waals surface area contributed by atoms with Crippen molar-refractivity contribution >= 4 is 17.3 Å². The van der Waals surface area contributed by atoms with E-state index in [9.17, 15) is 0 Å². The van der Waals surface area contributed by atoms with Gasteiger partial charge in [-0.15, -0.1) is 0 Å². The van der Waals surface area contributed by atoms with Crippen molar-refractivity contribution in [1.82, 2.24) is 5.32 Å². The van der Waals surface area contributed by atoms with E-state index in [1.165, 1.54) is 5.56 Å². The second-order valence-corrected chi connectivity index (χ2v) is 6.07. The third-order valence-electron chi connectivity index (χ3n) is 3.82. The van der Waals surface area contributed by atoms with Gasteiger partial charge in [-0.3, -0.25) is 0 Å². The largest absolute Gasteiger partial charge is 0.487 e. The Balaban J connectivity index is 1.51. The molecule has 116 valence electrons. The summed E-state index contributed by atoms with van der Waals surface area (Å²) in [6, 6.07) is 14.3. The molecule has 1 unspecified atom stereocenters. The molecule has 4 heteroatoms. The van der Waals surface area contributed by atoms with Crippen molar-refractivity contribution in [1.29, 1.82) is 0 Å². The van der Waals surface area contributed by atoms with Crippen molar-refractivity contribution in [2.24, 2.45) is 0 Å². The van der Waals surface area contributed by atoms with Crippen molar-refractivity contribution in [3.05, 3.63) is 58.6 Å². The van der Waals surface area contributed by atoms with Crippen molar-refractivity contribution in [2.75, 3.05) is 18.4 Å². The van der Waals surface area contributed by atoms with Crippen LogP contribution in [0.25, 0.3) is 0 Å². The van der Waals surface area contributed by atoms with E-state index in [0.29, 0.717) is 0 Å². The first-order chi connectivity index (χ1) is 10.7. The fourth-order valence-electron chi connectivity index (χ4n) is 2.58. The number of hydrogen-bond acceptors (Lipinski definition) is 3. The van der Waals surface area contributed by atoms with Crippen LogP contribution in [0.15, 0.2) is 42.5 Å². The van der Waals surface area contributed by atoms with Crippen LogP contribution in [0.2, 0.25) is 5.02 Å². The molecule has 0 fully saturated rings. The van der Waals surface area contributed by atoms with E-state index in [4.69, 9.17) is 16.3 Å². The summed E-state index contributed by atoms with van der Waals surface area (Å²) < 4.78 is 5.79. The predicted octanol–water partition coefficient (Wildman–Crippen LogP) is 3.87. The molecule has 1 heterocycles. The highest BCUT2D eigenvalue weighted by atomic mass is 35.5. The van der Waals surface area contributed by atoms with E-state index in [0.717, 1.165) is 48.1 Å². The molecule has 0 amide bonds. The first kappa shape index (κ1) is 15.2. The zero-order valence-corrected chi connectivity index (χ0v) is 13.5. The van der Waals surface area contributed by atoms with Crippen LogP contribution in [0.4, 0.5) is 5.69 Å². The number of nitrogens with one attached hydrogen (secondary N) is 2. The van der Waals surface area contributed by atoms with Crippen LogP contribution in [-0.4, -0.2) is 19.2 Å². The van der Waals surface area contributed by atoms with Crippen LogP contribution in [0.3, 0.4) is 0 Å². The Kier molecular flexibility index (Phi) is 4.86. The normalized spacial score (nSPS) is 16.5. The van der Waals surface area contributed by atoms with Crippen LogP contribution in [0, 0.1) is 0 Å². The van der Waals surface area contributed by atoms with Gasteiger partial charge in [0, 0.05) is 11.6 Å². The molecule has 0 saturated carbocycles. The average molecular weight is 317 g/mol. The lowest BCUT2D eigenvalue weighted by atomic mass is 10.1. The molecule has 3 rings (SSSR count). The van der Waals surface area contributed by atoms with E-state index in [-0.39, 0.29) is 6.10 Å². The Labute approximate surface area is 136 Å². The van der Waals surface area contributed by atoms with Gasteiger partial charge in [0.15, 0.2) is 0 Å². The van der Waals surface area contributed by atoms with E-state index >= 15 is 0 Å². The van der Waals surface area contributed by atoms with Gasteiger partial charge in [0.25, 0.3) is 0 Å². The highest BCUT2D eigenvalue weighted by Gasteiger charge is 2.15. The molecular formula is C18H21ClN2O. The Morgan fingerprint density at radius 3 is 3.00 bits per heavy atom. The Bertz CT molecular complexity index is 645. The SMILES string of the molecule is CC1CNc2cc(CCNCc3ccccc3Cl)ccc2O1. The molecule has 2 aromatic rings. The summed E-state index contributed by atoms with van der Waals surface area (Å²) >= 11 is 6.15. The zero-order valence-electron chi connectivity index (χ0n) is 12.7. The lowest BCUT2D eigenvalue weighted by Gasteiger charge is -2.25. The molecule has 0 radical (unpaired) electrons. The van der Waals surface area contributed by atoms with Gasteiger partial charge in [0.1, 0.15) is 11.9 Å². The molecule has 1 aliphatic heterocycles. The first-order valence-corrected chi connectivity index (χ1v) is 8.08. The summed E-state index contributed by atoms with van der Waals surface area (Å²) in [5.41, 5.74) is 3.54. The van der Waals surface area contributed by atoms with E-state index in [2.05, 4.69) is 41.8 Å². The fraction of sp³-hybridized carbons (Fsp3) is 0.333. The second kappa shape index (κ2) is 7.03. The summed E-state index contributed by atoms with van der Waals surface area (Å²) in [5, 5.41) is 7.67. The van der Waals surface area contributed by atoms with E-state index in [1.54, 1.807) is 0 Å². The molecule has 1 aliphatic rings. The molecule has 0 bridgehead atoms. The maximum Gasteiger partial charge on any atom is 0.142 e. The van der Waals surface area contributed by atoms with Gasteiger partial charge in [0.05, 0.1) is 12.2 Å². The summed E-state index contributed by atoms with van der Waals surface area (Å²) in [5.74, 6) is 0.950. The lowest BCUT2D eigenvalue weighted by molar-refractivity contribution is 0.226. The van der Waals surface area contributed by atoms with Crippen LogP contribution < -0.4 is 15.4 Å². The number of hydrogen-bond donors (Lipinski definition) is 2. The van der Waals surface area contributed by atoms with E-state index < -0.39 is 0 Å².